The van der Waals surface area contributed by atoms with Gasteiger partial charge in [-0.1, -0.05) is 11.3 Å². The van der Waals surface area contributed by atoms with Crippen LogP contribution in [0, 0.1) is 3.95 Å². The Kier molecular flexibility index (Phi) is 1.65. The normalized spacial score (nSPS) is 9.12. The van der Waals surface area contributed by atoms with Gasteiger partial charge in [0.2, 0.25) is 0 Å². The van der Waals surface area contributed by atoms with Crippen molar-refractivity contribution in [1.29, 1.82) is 0 Å². The van der Waals surface area contributed by atoms with Crippen LogP contribution in [0.25, 0.3) is 0 Å². The summed E-state index contributed by atoms with van der Waals surface area (Å²) in [4.78, 5) is 2.89. The van der Waals surface area contributed by atoms with Crippen LogP contribution in [0.2, 0.25) is 0 Å². The molecular weight excluding hydrogens is 140 g/mol. The van der Waals surface area contributed by atoms with E-state index in [0.717, 1.165) is 8.96 Å². The molecule has 2 nitrogen and oxygen atoms in total. The number of thiazole rings is 1. The number of hydrogen-bond donors (Lipinski definition) is 2. The number of H-pyrrole nitrogens is 1. The van der Waals surface area contributed by atoms with Crippen LogP contribution >= 0.6 is 23.6 Å². The van der Waals surface area contributed by atoms with Crippen molar-refractivity contribution in [3.8, 4) is 0 Å². The SMILES string of the molecule is CNc1c[nH]c(=S)s1. The van der Waals surface area contributed by atoms with Gasteiger partial charge in [0.25, 0.3) is 0 Å². The molecule has 4 heteroatoms. The fraction of sp³-hybridized carbons (Fsp3) is 0.250. The van der Waals surface area contributed by atoms with E-state index in [2.05, 4.69) is 10.3 Å². The molecule has 44 valence electrons. The zero-order valence-electron chi connectivity index (χ0n) is 4.39. The number of anilines is 1. The Balaban J connectivity index is 3.01. The maximum Gasteiger partial charge on any atom is 0.160 e. The summed E-state index contributed by atoms with van der Waals surface area (Å²) in [5.41, 5.74) is 0. The number of hydrogen-bond acceptors (Lipinski definition) is 3. The van der Waals surface area contributed by atoms with E-state index in [1.165, 1.54) is 11.3 Å². The summed E-state index contributed by atoms with van der Waals surface area (Å²) in [5.74, 6) is 0. The third-order valence-electron chi connectivity index (χ3n) is 0.770. The number of aromatic nitrogens is 1. The first-order valence-corrected chi connectivity index (χ1v) is 3.41. The van der Waals surface area contributed by atoms with Crippen molar-refractivity contribution in [2.45, 2.75) is 0 Å². The van der Waals surface area contributed by atoms with Crippen molar-refractivity contribution in [3.63, 3.8) is 0 Å². The quantitative estimate of drug-likeness (QED) is 0.592. The van der Waals surface area contributed by atoms with Gasteiger partial charge in [0.1, 0.15) is 5.00 Å². The standard InChI is InChI=1S/C4H6N2S2/c1-5-3-2-6-4(7)8-3/h2,5H,1H3,(H,6,7). The fourth-order valence-corrected chi connectivity index (χ4v) is 1.27. The largest absolute Gasteiger partial charge is 0.379 e. The predicted molar refractivity (Wildman–Crippen MR) is 39.1 cm³/mol. The van der Waals surface area contributed by atoms with Gasteiger partial charge in [-0.25, -0.2) is 0 Å². The molecule has 1 aromatic heterocycles. The van der Waals surface area contributed by atoms with Crippen LogP contribution in [-0.2, 0) is 0 Å². The summed E-state index contributed by atoms with van der Waals surface area (Å²) in [7, 11) is 1.87. The number of aromatic amines is 1. The van der Waals surface area contributed by atoms with Crippen LogP contribution in [0.5, 0.6) is 0 Å². The molecule has 0 unspecified atom stereocenters. The molecule has 0 saturated carbocycles. The van der Waals surface area contributed by atoms with E-state index in [9.17, 15) is 0 Å². The van der Waals surface area contributed by atoms with E-state index in [4.69, 9.17) is 12.2 Å². The van der Waals surface area contributed by atoms with Gasteiger partial charge in [-0.2, -0.15) is 0 Å². The molecule has 0 aromatic carbocycles. The Morgan fingerprint density at radius 3 is 2.88 bits per heavy atom. The van der Waals surface area contributed by atoms with E-state index < -0.39 is 0 Å². The molecule has 0 saturated heterocycles. The third-order valence-corrected chi connectivity index (χ3v) is 1.98. The maximum absolute atomic E-state index is 4.82. The number of nitrogens with one attached hydrogen (secondary N) is 2. The second kappa shape index (κ2) is 2.28. The Morgan fingerprint density at radius 2 is 2.62 bits per heavy atom. The number of rotatable bonds is 1. The third kappa shape index (κ3) is 1.08. The molecule has 1 heterocycles. The second-order valence-electron chi connectivity index (χ2n) is 1.29. The molecule has 2 N–H and O–H groups in total. The monoisotopic (exact) mass is 146 g/mol. The molecule has 0 radical (unpaired) electrons. The van der Waals surface area contributed by atoms with E-state index in [-0.39, 0.29) is 0 Å². The molecule has 0 aliphatic carbocycles. The lowest BCUT2D eigenvalue weighted by molar-refractivity contribution is 1.39. The summed E-state index contributed by atoms with van der Waals surface area (Å²) in [6.45, 7) is 0. The van der Waals surface area contributed by atoms with Gasteiger partial charge in [0.05, 0.1) is 0 Å². The summed E-state index contributed by atoms with van der Waals surface area (Å²) in [6.07, 6.45) is 1.85. The van der Waals surface area contributed by atoms with Crippen LogP contribution in [-0.4, -0.2) is 12.0 Å². The molecular formula is C4H6N2S2. The van der Waals surface area contributed by atoms with E-state index in [0.29, 0.717) is 0 Å². The van der Waals surface area contributed by atoms with Crippen molar-refractivity contribution in [3.05, 3.63) is 10.2 Å². The lowest BCUT2D eigenvalue weighted by atomic mass is 10.8. The van der Waals surface area contributed by atoms with Gasteiger partial charge in [0.15, 0.2) is 3.95 Å². The topological polar surface area (TPSA) is 27.8 Å². The minimum absolute atomic E-state index is 0.814. The molecule has 1 aromatic rings. The molecule has 0 amide bonds. The Morgan fingerprint density at radius 1 is 1.88 bits per heavy atom. The fourth-order valence-electron chi connectivity index (χ4n) is 0.406. The molecule has 0 fully saturated rings. The van der Waals surface area contributed by atoms with Crippen LogP contribution in [0.3, 0.4) is 0 Å². The minimum Gasteiger partial charge on any atom is -0.379 e. The van der Waals surface area contributed by atoms with Gasteiger partial charge < -0.3 is 10.3 Å². The van der Waals surface area contributed by atoms with Crippen LogP contribution in [0.15, 0.2) is 6.20 Å². The summed E-state index contributed by atoms with van der Waals surface area (Å²) < 4.78 is 0.814. The highest BCUT2D eigenvalue weighted by Crippen LogP contribution is 2.12. The smallest absolute Gasteiger partial charge is 0.160 e. The first-order valence-electron chi connectivity index (χ1n) is 2.19. The van der Waals surface area contributed by atoms with Crippen molar-refractivity contribution in [2.24, 2.45) is 0 Å². The second-order valence-corrected chi connectivity index (χ2v) is 3.01. The average molecular weight is 146 g/mol. The van der Waals surface area contributed by atoms with Crippen molar-refractivity contribution >= 4 is 28.6 Å². The maximum atomic E-state index is 4.82. The summed E-state index contributed by atoms with van der Waals surface area (Å²) in [5, 5.41) is 4.05. The highest BCUT2D eigenvalue weighted by molar-refractivity contribution is 7.73. The Hall–Kier alpha value is -0.350. The van der Waals surface area contributed by atoms with Crippen molar-refractivity contribution < 1.29 is 0 Å². The van der Waals surface area contributed by atoms with Gasteiger partial charge in [-0.3, -0.25) is 0 Å². The Bertz CT molecular complexity index is 212. The lowest BCUT2D eigenvalue weighted by Crippen LogP contribution is -1.80. The molecule has 8 heavy (non-hydrogen) atoms. The first-order chi connectivity index (χ1) is 3.83. The van der Waals surface area contributed by atoms with Gasteiger partial charge >= 0.3 is 0 Å². The molecule has 0 aliphatic rings. The molecule has 0 aliphatic heterocycles. The highest BCUT2D eigenvalue weighted by atomic mass is 32.1. The molecule has 0 spiro atoms. The van der Waals surface area contributed by atoms with E-state index in [1.54, 1.807) is 0 Å². The Labute approximate surface area is 56.6 Å². The molecule has 0 bridgehead atoms. The highest BCUT2D eigenvalue weighted by Gasteiger charge is 1.85. The van der Waals surface area contributed by atoms with E-state index in [1.807, 2.05) is 13.2 Å². The first kappa shape index (κ1) is 5.78. The zero-order valence-corrected chi connectivity index (χ0v) is 6.03. The van der Waals surface area contributed by atoms with Crippen molar-refractivity contribution in [2.75, 3.05) is 12.4 Å². The average Bonchev–Trinajstić information content (AvgIpc) is 2.14. The van der Waals surface area contributed by atoms with Gasteiger partial charge in [0, 0.05) is 13.2 Å². The van der Waals surface area contributed by atoms with Crippen molar-refractivity contribution in [1.82, 2.24) is 4.98 Å². The van der Waals surface area contributed by atoms with Crippen LogP contribution < -0.4 is 5.32 Å². The summed E-state index contributed by atoms with van der Waals surface area (Å²) >= 11 is 6.36. The van der Waals surface area contributed by atoms with E-state index >= 15 is 0 Å². The lowest BCUT2D eigenvalue weighted by Gasteiger charge is -1.84. The summed E-state index contributed by atoms with van der Waals surface area (Å²) in [6, 6.07) is 0. The minimum atomic E-state index is 0.814. The molecule has 1 rings (SSSR count). The van der Waals surface area contributed by atoms with Gasteiger partial charge in [-0.05, 0) is 12.2 Å². The predicted octanol–water partition coefficient (Wildman–Crippen LogP) is 1.85. The zero-order chi connectivity index (χ0) is 5.98. The molecule has 0 atom stereocenters. The van der Waals surface area contributed by atoms with Crippen LogP contribution in [0.1, 0.15) is 0 Å². The van der Waals surface area contributed by atoms with Crippen LogP contribution in [0.4, 0.5) is 5.00 Å². The van der Waals surface area contributed by atoms with Gasteiger partial charge in [-0.15, -0.1) is 0 Å².